The highest BCUT2D eigenvalue weighted by Crippen LogP contribution is 2.33. The summed E-state index contributed by atoms with van der Waals surface area (Å²) in [4.78, 5) is 13.7. The molecule has 1 N–H and O–H groups in total. The molecule has 0 radical (unpaired) electrons. The Labute approximate surface area is 98.8 Å². The van der Waals surface area contributed by atoms with Crippen molar-refractivity contribution in [2.45, 2.75) is 52.4 Å². The summed E-state index contributed by atoms with van der Waals surface area (Å²) in [5.74, 6) is -0.602. The summed E-state index contributed by atoms with van der Waals surface area (Å²) in [7, 11) is 0. The van der Waals surface area contributed by atoms with Gasteiger partial charge in [0.1, 0.15) is 0 Å². The molecule has 3 nitrogen and oxygen atoms in total. The van der Waals surface area contributed by atoms with E-state index in [2.05, 4.69) is 11.8 Å². The molecular formula is C13H25NO2. The Bertz CT molecular complexity index is 230. The van der Waals surface area contributed by atoms with Crippen molar-refractivity contribution in [1.82, 2.24) is 4.90 Å². The first-order valence-corrected chi connectivity index (χ1v) is 6.60. The molecule has 1 atom stereocenters. The average molecular weight is 227 g/mol. The number of rotatable bonds is 6. The van der Waals surface area contributed by atoms with Gasteiger partial charge in [0.2, 0.25) is 0 Å². The molecular weight excluding hydrogens is 202 g/mol. The second-order valence-electron chi connectivity index (χ2n) is 5.03. The number of nitrogens with zero attached hydrogens (tertiary/aromatic N) is 1. The van der Waals surface area contributed by atoms with Crippen LogP contribution in [-0.2, 0) is 4.79 Å². The number of hydrogen-bond acceptors (Lipinski definition) is 2. The monoisotopic (exact) mass is 227 g/mol. The van der Waals surface area contributed by atoms with E-state index < -0.39 is 11.4 Å². The molecule has 0 aromatic heterocycles. The minimum atomic E-state index is -0.602. The van der Waals surface area contributed by atoms with Gasteiger partial charge in [-0.15, -0.1) is 0 Å². The van der Waals surface area contributed by atoms with Gasteiger partial charge in [0.25, 0.3) is 0 Å². The number of hydrogen-bond donors (Lipinski definition) is 1. The van der Waals surface area contributed by atoms with E-state index in [1.807, 2.05) is 6.92 Å². The Hall–Kier alpha value is -0.570. The van der Waals surface area contributed by atoms with Crippen molar-refractivity contribution in [3.05, 3.63) is 0 Å². The lowest BCUT2D eigenvalue weighted by atomic mass is 9.77. The first kappa shape index (κ1) is 13.5. The minimum absolute atomic E-state index is 0.468. The van der Waals surface area contributed by atoms with E-state index in [0.717, 1.165) is 38.9 Å². The normalized spacial score (nSPS) is 26.9. The van der Waals surface area contributed by atoms with Crippen LogP contribution in [0.1, 0.15) is 52.4 Å². The molecule has 0 aromatic rings. The van der Waals surface area contributed by atoms with Crippen molar-refractivity contribution < 1.29 is 9.90 Å². The van der Waals surface area contributed by atoms with E-state index in [0.29, 0.717) is 0 Å². The highest BCUT2D eigenvalue weighted by Gasteiger charge is 2.40. The second-order valence-corrected chi connectivity index (χ2v) is 5.03. The number of carbonyl (C=O) groups is 1. The first-order valence-electron chi connectivity index (χ1n) is 6.60. The summed E-state index contributed by atoms with van der Waals surface area (Å²) < 4.78 is 0. The zero-order valence-electron chi connectivity index (χ0n) is 10.7. The highest BCUT2D eigenvalue weighted by molar-refractivity contribution is 5.75. The zero-order chi connectivity index (χ0) is 12.0. The SMILES string of the molecule is CCCCCN1CCCC(CC)(C(=O)O)C1. The summed E-state index contributed by atoms with van der Waals surface area (Å²) in [5, 5.41) is 9.35. The molecule has 1 unspecified atom stereocenters. The summed E-state index contributed by atoms with van der Waals surface area (Å²) >= 11 is 0. The van der Waals surface area contributed by atoms with Crippen LogP contribution in [0.5, 0.6) is 0 Å². The van der Waals surface area contributed by atoms with Gasteiger partial charge in [0.15, 0.2) is 0 Å². The lowest BCUT2D eigenvalue weighted by Crippen LogP contribution is -2.47. The summed E-state index contributed by atoms with van der Waals surface area (Å²) in [6, 6.07) is 0. The van der Waals surface area contributed by atoms with Crippen LogP contribution in [0.2, 0.25) is 0 Å². The van der Waals surface area contributed by atoms with Gasteiger partial charge in [-0.25, -0.2) is 0 Å². The Morgan fingerprint density at radius 1 is 1.38 bits per heavy atom. The van der Waals surface area contributed by atoms with E-state index >= 15 is 0 Å². The first-order chi connectivity index (χ1) is 7.64. The molecule has 0 aliphatic carbocycles. The standard InChI is InChI=1S/C13H25NO2/c1-3-5-6-9-14-10-7-8-13(4-2,11-14)12(15)16/h3-11H2,1-2H3,(H,15,16). The van der Waals surface area contributed by atoms with Crippen LogP contribution >= 0.6 is 0 Å². The largest absolute Gasteiger partial charge is 0.481 e. The van der Waals surface area contributed by atoms with Crippen molar-refractivity contribution in [2.24, 2.45) is 5.41 Å². The van der Waals surface area contributed by atoms with Crippen molar-refractivity contribution >= 4 is 5.97 Å². The fourth-order valence-electron chi connectivity index (χ4n) is 2.62. The average Bonchev–Trinajstić information content (AvgIpc) is 2.29. The Morgan fingerprint density at radius 2 is 2.12 bits per heavy atom. The van der Waals surface area contributed by atoms with Crippen molar-refractivity contribution in [3.63, 3.8) is 0 Å². The van der Waals surface area contributed by atoms with Crippen LogP contribution in [0.4, 0.5) is 0 Å². The van der Waals surface area contributed by atoms with Gasteiger partial charge in [-0.2, -0.15) is 0 Å². The number of piperidine rings is 1. The fourth-order valence-corrected chi connectivity index (χ4v) is 2.62. The number of unbranched alkanes of at least 4 members (excludes halogenated alkanes) is 2. The fraction of sp³-hybridized carbons (Fsp3) is 0.923. The van der Waals surface area contributed by atoms with Crippen LogP contribution in [-0.4, -0.2) is 35.6 Å². The van der Waals surface area contributed by atoms with Crippen LogP contribution in [0.15, 0.2) is 0 Å². The van der Waals surface area contributed by atoms with E-state index in [4.69, 9.17) is 0 Å². The number of likely N-dealkylation sites (tertiary alicyclic amines) is 1. The maximum atomic E-state index is 11.4. The van der Waals surface area contributed by atoms with Crippen LogP contribution in [0, 0.1) is 5.41 Å². The topological polar surface area (TPSA) is 40.5 Å². The third-order valence-corrected chi connectivity index (χ3v) is 3.86. The molecule has 94 valence electrons. The van der Waals surface area contributed by atoms with Crippen molar-refractivity contribution in [1.29, 1.82) is 0 Å². The lowest BCUT2D eigenvalue weighted by molar-refractivity contribution is -0.152. The van der Waals surface area contributed by atoms with E-state index in [1.165, 1.54) is 19.3 Å². The van der Waals surface area contributed by atoms with E-state index in [9.17, 15) is 9.90 Å². The molecule has 0 saturated carbocycles. The van der Waals surface area contributed by atoms with E-state index in [-0.39, 0.29) is 0 Å². The summed E-state index contributed by atoms with van der Waals surface area (Å²) in [6.07, 6.45) is 6.33. The second kappa shape index (κ2) is 6.24. The summed E-state index contributed by atoms with van der Waals surface area (Å²) in [5.41, 5.74) is -0.468. The summed E-state index contributed by atoms with van der Waals surface area (Å²) in [6.45, 7) is 7.11. The van der Waals surface area contributed by atoms with Crippen LogP contribution in [0.3, 0.4) is 0 Å². The lowest BCUT2D eigenvalue weighted by Gasteiger charge is -2.39. The molecule has 0 amide bonds. The van der Waals surface area contributed by atoms with Gasteiger partial charge < -0.3 is 10.0 Å². The van der Waals surface area contributed by atoms with E-state index in [1.54, 1.807) is 0 Å². The molecule has 0 bridgehead atoms. The highest BCUT2D eigenvalue weighted by atomic mass is 16.4. The zero-order valence-corrected chi connectivity index (χ0v) is 10.7. The molecule has 1 fully saturated rings. The molecule has 1 rings (SSSR count). The van der Waals surface area contributed by atoms with Gasteiger partial charge >= 0.3 is 5.97 Å². The van der Waals surface area contributed by atoms with Gasteiger partial charge in [-0.3, -0.25) is 4.79 Å². The Kier molecular flexibility index (Phi) is 5.26. The van der Waals surface area contributed by atoms with Gasteiger partial charge in [0.05, 0.1) is 5.41 Å². The van der Waals surface area contributed by atoms with Crippen molar-refractivity contribution in [2.75, 3.05) is 19.6 Å². The molecule has 0 aromatic carbocycles. The molecule has 0 spiro atoms. The van der Waals surface area contributed by atoms with Crippen LogP contribution < -0.4 is 0 Å². The molecule has 1 heterocycles. The minimum Gasteiger partial charge on any atom is -0.481 e. The number of carboxylic acid groups (broad SMARTS) is 1. The molecule has 1 aliphatic heterocycles. The molecule has 1 saturated heterocycles. The predicted octanol–water partition coefficient (Wildman–Crippen LogP) is 2.75. The number of aliphatic carboxylic acids is 1. The van der Waals surface area contributed by atoms with Gasteiger partial charge in [0, 0.05) is 6.54 Å². The molecule has 16 heavy (non-hydrogen) atoms. The van der Waals surface area contributed by atoms with Gasteiger partial charge in [-0.1, -0.05) is 26.7 Å². The van der Waals surface area contributed by atoms with Gasteiger partial charge in [-0.05, 0) is 38.8 Å². The maximum absolute atomic E-state index is 11.4. The Morgan fingerprint density at radius 3 is 2.69 bits per heavy atom. The third kappa shape index (κ3) is 3.21. The predicted molar refractivity (Wildman–Crippen MR) is 65.6 cm³/mol. The Balaban J connectivity index is 2.48. The third-order valence-electron chi connectivity index (χ3n) is 3.86. The smallest absolute Gasteiger partial charge is 0.310 e. The van der Waals surface area contributed by atoms with Crippen molar-refractivity contribution in [3.8, 4) is 0 Å². The molecule has 3 heteroatoms. The van der Waals surface area contributed by atoms with Crippen LogP contribution in [0.25, 0.3) is 0 Å². The maximum Gasteiger partial charge on any atom is 0.310 e. The quantitative estimate of drug-likeness (QED) is 0.709. The number of carboxylic acids is 1. The molecule has 1 aliphatic rings.